The van der Waals surface area contributed by atoms with Gasteiger partial charge in [-0.3, -0.25) is 0 Å². The van der Waals surface area contributed by atoms with Crippen LogP contribution in [0.1, 0.15) is 2.85 Å². The van der Waals surface area contributed by atoms with Gasteiger partial charge in [-0.05, 0) is 0 Å². The maximum absolute atomic E-state index is 8.77. The van der Waals surface area contributed by atoms with Crippen molar-refractivity contribution < 1.29 is 71.9 Å². The molecule has 0 spiro atoms. The van der Waals surface area contributed by atoms with Gasteiger partial charge in [-0.25, -0.2) is 4.79 Å². The van der Waals surface area contributed by atoms with Gasteiger partial charge in [-0.15, -0.1) is 0 Å². The van der Waals surface area contributed by atoms with Gasteiger partial charge in [0.1, 0.15) is 0 Å². The molecule has 0 saturated carbocycles. The molecule has 0 fully saturated rings. The standard InChI is InChI=1S/CHClO2.2Na.2H/c2-1(3)4;;;;/h(H,3,4);;;;/q;2*+1;2*-1. The second-order valence-electron chi connectivity index (χ2n) is 0.253. The summed E-state index contributed by atoms with van der Waals surface area (Å²) in [5.41, 5.74) is -1.36. The van der Waals surface area contributed by atoms with E-state index in [1.54, 1.807) is 0 Å². The molecule has 5 heteroatoms. The molecule has 6 heavy (non-hydrogen) atoms. The Morgan fingerprint density at radius 1 is 1.67 bits per heavy atom. The molecule has 0 atom stereocenters. The van der Waals surface area contributed by atoms with E-state index < -0.39 is 5.43 Å². The first-order valence-electron chi connectivity index (χ1n) is 0.617. The first-order chi connectivity index (χ1) is 1.73. The van der Waals surface area contributed by atoms with Gasteiger partial charge in [0.15, 0.2) is 0 Å². The monoisotopic (exact) mass is 128 g/mol. The molecular formula is CH3ClNa2O2. The van der Waals surface area contributed by atoms with Crippen LogP contribution >= 0.6 is 11.6 Å². The van der Waals surface area contributed by atoms with Crippen molar-refractivity contribution in [3.05, 3.63) is 0 Å². The molecular weight excluding hydrogens is 125 g/mol. The van der Waals surface area contributed by atoms with E-state index in [0.29, 0.717) is 0 Å². The fraction of sp³-hybridized carbons (Fsp3) is 0. The van der Waals surface area contributed by atoms with Gasteiger partial charge < -0.3 is 7.96 Å². The molecule has 0 amide bonds. The Morgan fingerprint density at radius 3 is 1.67 bits per heavy atom. The Bertz CT molecular complexity index is 41.0. The van der Waals surface area contributed by atoms with Crippen LogP contribution in [0.5, 0.6) is 0 Å². The van der Waals surface area contributed by atoms with Gasteiger partial charge >= 0.3 is 64.5 Å². The summed E-state index contributed by atoms with van der Waals surface area (Å²) in [6, 6.07) is 0. The van der Waals surface area contributed by atoms with Crippen LogP contribution in [0.15, 0.2) is 0 Å². The minimum atomic E-state index is -1.36. The Kier molecular flexibility index (Phi) is 25.8. The van der Waals surface area contributed by atoms with Crippen LogP contribution in [-0.2, 0) is 0 Å². The molecule has 0 bridgehead atoms. The molecule has 28 valence electrons. The maximum atomic E-state index is 8.77. The van der Waals surface area contributed by atoms with Crippen LogP contribution < -0.4 is 59.1 Å². The summed E-state index contributed by atoms with van der Waals surface area (Å²) in [5.74, 6) is 0. The number of carboxylic acid groups (broad SMARTS) is 1. The molecule has 2 nitrogen and oxygen atoms in total. The van der Waals surface area contributed by atoms with E-state index in [4.69, 9.17) is 9.90 Å². The zero-order chi connectivity index (χ0) is 3.58. The van der Waals surface area contributed by atoms with Crippen LogP contribution in [0.3, 0.4) is 0 Å². The largest absolute Gasteiger partial charge is 1.00 e. The molecule has 0 aromatic heterocycles. The maximum Gasteiger partial charge on any atom is 1.00 e. The number of rotatable bonds is 0. The summed E-state index contributed by atoms with van der Waals surface area (Å²) in [7, 11) is 0. The van der Waals surface area contributed by atoms with Gasteiger partial charge in [-0.2, -0.15) is 0 Å². The van der Waals surface area contributed by atoms with Crippen molar-refractivity contribution in [1.82, 2.24) is 0 Å². The molecule has 0 aliphatic carbocycles. The Labute approximate surface area is 87.8 Å². The zero-order valence-electron chi connectivity index (χ0n) is 5.73. The van der Waals surface area contributed by atoms with E-state index in [-0.39, 0.29) is 62.0 Å². The topological polar surface area (TPSA) is 37.3 Å². The average Bonchev–Trinajstić information content (AvgIpc) is 0.811. The van der Waals surface area contributed by atoms with Crippen molar-refractivity contribution in [2.24, 2.45) is 0 Å². The van der Waals surface area contributed by atoms with Crippen molar-refractivity contribution in [2.75, 3.05) is 0 Å². The van der Waals surface area contributed by atoms with E-state index in [0.717, 1.165) is 0 Å². The predicted molar refractivity (Wildman–Crippen MR) is 16.1 cm³/mol. The average molecular weight is 128 g/mol. The molecule has 1 N–H and O–H groups in total. The van der Waals surface area contributed by atoms with Crippen molar-refractivity contribution >= 4 is 17.0 Å². The molecule has 0 aliphatic heterocycles. The van der Waals surface area contributed by atoms with Crippen molar-refractivity contribution in [2.45, 2.75) is 0 Å². The SMILES string of the molecule is O=C(O)Cl.[H-].[H-].[Na+].[Na+]. The van der Waals surface area contributed by atoms with E-state index in [9.17, 15) is 0 Å². The Balaban J connectivity index is -0.00000000750. The van der Waals surface area contributed by atoms with Crippen LogP contribution in [0.2, 0.25) is 0 Å². The molecule has 0 heterocycles. The predicted octanol–water partition coefficient (Wildman–Crippen LogP) is -4.86. The molecule has 0 unspecified atom stereocenters. The first kappa shape index (κ1) is 15.7. The van der Waals surface area contributed by atoms with E-state index in [1.165, 1.54) is 0 Å². The van der Waals surface area contributed by atoms with Crippen molar-refractivity contribution in [3.8, 4) is 0 Å². The van der Waals surface area contributed by atoms with Gasteiger partial charge in [0.05, 0.1) is 0 Å². The minimum Gasteiger partial charge on any atom is -1.00 e. The summed E-state index contributed by atoms with van der Waals surface area (Å²) >= 11 is 4.19. The van der Waals surface area contributed by atoms with Gasteiger partial charge in [0.2, 0.25) is 0 Å². The van der Waals surface area contributed by atoms with Crippen LogP contribution in [-0.4, -0.2) is 10.5 Å². The fourth-order valence-electron chi connectivity index (χ4n) is 0. The van der Waals surface area contributed by atoms with Crippen molar-refractivity contribution in [3.63, 3.8) is 0 Å². The number of carbonyl (C=O) groups is 1. The molecule has 0 rings (SSSR count). The molecule has 0 aromatic carbocycles. The molecule has 0 saturated heterocycles. The van der Waals surface area contributed by atoms with E-state index >= 15 is 0 Å². The summed E-state index contributed by atoms with van der Waals surface area (Å²) in [4.78, 5) is 8.77. The van der Waals surface area contributed by atoms with Crippen molar-refractivity contribution in [1.29, 1.82) is 0 Å². The Hall–Kier alpha value is 1.76. The normalized spacial score (nSPS) is 4.17. The first-order valence-corrected chi connectivity index (χ1v) is 0.995. The second kappa shape index (κ2) is 9.90. The quantitative estimate of drug-likeness (QED) is 0.262. The summed E-state index contributed by atoms with van der Waals surface area (Å²) in [5, 5.41) is 7.18. The summed E-state index contributed by atoms with van der Waals surface area (Å²) < 4.78 is 0. The minimum absolute atomic E-state index is 0. The smallest absolute Gasteiger partial charge is 1.00 e. The summed E-state index contributed by atoms with van der Waals surface area (Å²) in [6.45, 7) is 0. The summed E-state index contributed by atoms with van der Waals surface area (Å²) in [6.07, 6.45) is 0. The zero-order valence-corrected chi connectivity index (χ0v) is 8.49. The van der Waals surface area contributed by atoms with Gasteiger partial charge in [0.25, 0.3) is 0 Å². The number of hydrogen-bond acceptors (Lipinski definition) is 1. The molecule has 0 radical (unpaired) electrons. The third-order valence-corrected chi connectivity index (χ3v) is 0. The van der Waals surface area contributed by atoms with Gasteiger partial charge in [-0.1, -0.05) is 0 Å². The second-order valence-corrected chi connectivity index (χ2v) is 0.576. The third-order valence-electron chi connectivity index (χ3n) is 0. The van der Waals surface area contributed by atoms with Crippen LogP contribution in [0.25, 0.3) is 0 Å². The van der Waals surface area contributed by atoms with Gasteiger partial charge in [0, 0.05) is 11.6 Å². The van der Waals surface area contributed by atoms with Crippen LogP contribution in [0.4, 0.5) is 4.79 Å². The Morgan fingerprint density at radius 2 is 1.67 bits per heavy atom. The van der Waals surface area contributed by atoms with E-state index in [2.05, 4.69) is 11.6 Å². The third kappa shape index (κ3) is 42.1. The number of hydrogen-bond donors (Lipinski definition) is 1. The molecule has 0 aliphatic rings. The number of halogens is 1. The molecule has 0 aromatic rings. The fourth-order valence-corrected chi connectivity index (χ4v) is 0. The van der Waals surface area contributed by atoms with E-state index in [1.807, 2.05) is 0 Å². The van der Waals surface area contributed by atoms with Crippen LogP contribution in [0, 0.1) is 0 Å².